The van der Waals surface area contributed by atoms with Crippen LogP contribution in [0.1, 0.15) is 12.8 Å². The Hall–Kier alpha value is -1.58. The van der Waals surface area contributed by atoms with Crippen LogP contribution in [0.5, 0.6) is 0 Å². The second-order valence-corrected chi connectivity index (χ2v) is 1.93. The molecule has 0 unspecified atom stereocenters. The SMILES string of the molecule is C=COC(=O)CC=CCC(=O)O. The molecule has 0 aromatic heterocycles. The number of aliphatic carboxylic acids is 1. The zero-order valence-electron chi connectivity index (χ0n) is 6.53. The van der Waals surface area contributed by atoms with E-state index in [1.807, 2.05) is 0 Å². The largest absolute Gasteiger partial charge is 0.481 e. The zero-order chi connectivity index (χ0) is 9.40. The van der Waals surface area contributed by atoms with Crippen molar-refractivity contribution in [1.82, 2.24) is 0 Å². The Morgan fingerprint density at radius 2 is 1.92 bits per heavy atom. The first-order valence-electron chi connectivity index (χ1n) is 3.34. The molecule has 0 aliphatic carbocycles. The molecular weight excluding hydrogens is 160 g/mol. The highest BCUT2D eigenvalue weighted by molar-refractivity contribution is 5.72. The Balaban J connectivity index is 3.53. The van der Waals surface area contributed by atoms with Gasteiger partial charge in [-0.05, 0) is 0 Å². The average molecular weight is 170 g/mol. The lowest BCUT2D eigenvalue weighted by Gasteiger charge is -1.91. The molecule has 0 aromatic rings. The van der Waals surface area contributed by atoms with E-state index in [4.69, 9.17) is 5.11 Å². The molecule has 0 amide bonds. The number of carboxylic acid groups (broad SMARTS) is 1. The van der Waals surface area contributed by atoms with Gasteiger partial charge < -0.3 is 9.84 Å². The molecule has 0 radical (unpaired) electrons. The van der Waals surface area contributed by atoms with Gasteiger partial charge in [0, 0.05) is 0 Å². The minimum atomic E-state index is -0.927. The van der Waals surface area contributed by atoms with Crippen molar-refractivity contribution in [1.29, 1.82) is 0 Å². The monoisotopic (exact) mass is 170 g/mol. The van der Waals surface area contributed by atoms with Gasteiger partial charge in [-0.1, -0.05) is 18.7 Å². The summed E-state index contributed by atoms with van der Waals surface area (Å²) in [4.78, 5) is 20.6. The summed E-state index contributed by atoms with van der Waals surface area (Å²) >= 11 is 0. The number of ether oxygens (including phenoxy) is 1. The van der Waals surface area contributed by atoms with Crippen molar-refractivity contribution >= 4 is 11.9 Å². The summed E-state index contributed by atoms with van der Waals surface area (Å²) in [5.41, 5.74) is 0. The third-order valence-electron chi connectivity index (χ3n) is 0.958. The van der Waals surface area contributed by atoms with Gasteiger partial charge >= 0.3 is 11.9 Å². The lowest BCUT2D eigenvalue weighted by Crippen LogP contribution is -1.96. The van der Waals surface area contributed by atoms with Crippen molar-refractivity contribution < 1.29 is 19.4 Å². The third kappa shape index (κ3) is 6.54. The van der Waals surface area contributed by atoms with Crippen LogP contribution in [-0.4, -0.2) is 17.0 Å². The molecule has 0 aliphatic heterocycles. The molecule has 0 saturated heterocycles. The zero-order valence-corrected chi connectivity index (χ0v) is 6.53. The van der Waals surface area contributed by atoms with E-state index in [1.165, 1.54) is 12.2 Å². The molecule has 0 bridgehead atoms. The summed E-state index contributed by atoms with van der Waals surface area (Å²) in [6, 6.07) is 0. The first-order chi connectivity index (χ1) is 5.66. The third-order valence-corrected chi connectivity index (χ3v) is 0.958. The second-order valence-electron chi connectivity index (χ2n) is 1.93. The minimum absolute atomic E-state index is 0.0688. The van der Waals surface area contributed by atoms with Gasteiger partial charge in [0.25, 0.3) is 0 Å². The summed E-state index contributed by atoms with van der Waals surface area (Å²) in [6.07, 6.45) is 3.86. The highest BCUT2D eigenvalue weighted by Gasteiger charge is 1.95. The van der Waals surface area contributed by atoms with Crippen LogP contribution in [0, 0.1) is 0 Å². The average Bonchev–Trinajstić information content (AvgIpc) is 1.98. The Kier molecular flexibility index (Phi) is 5.34. The Bertz CT molecular complexity index is 205. The van der Waals surface area contributed by atoms with Crippen LogP contribution in [-0.2, 0) is 14.3 Å². The van der Waals surface area contributed by atoms with E-state index in [0.29, 0.717) is 0 Å². The maximum absolute atomic E-state index is 10.6. The second kappa shape index (κ2) is 6.15. The molecule has 0 spiro atoms. The fraction of sp³-hybridized carbons (Fsp3) is 0.250. The molecule has 12 heavy (non-hydrogen) atoms. The van der Waals surface area contributed by atoms with Crippen molar-refractivity contribution in [3.63, 3.8) is 0 Å². The number of esters is 1. The summed E-state index contributed by atoms with van der Waals surface area (Å²) in [6.45, 7) is 3.20. The van der Waals surface area contributed by atoms with Gasteiger partial charge in [0.2, 0.25) is 0 Å². The van der Waals surface area contributed by atoms with Gasteiger partial charge in [-0.15, -0.1) is 0 Å². The minimum Gasteiger partial charge on any atom is -0.481 e. The van der Waals surface area contributed by atoms with E-state index in [9.17, 15) is 9.59 Å². The molecule has 0 aromatic carbocycles. The predicted molar refractivity (Wildman–Crippen MR) is 42.3 cm³/mol. The van der Waals surface area contributed by atoms with Crippen LogP contribution >= 0.6 is 0 Å². The van der Waals surface area contributed by atoms with E-state index < -0.39 is 11.9 Å². The Morgan fingerprint density at radius 1 is 1.33 bits per heavy atom. The molecule has 0 saturated carbocycles. The van der Waals surface area contributed by atoms with Crippen LogP contribution in [0.2, 0.25) is 0 Å². The molecular formula is C8H10O4. The van der Waals surface area contributed by atoms with Crippen LogP contribution in [0.3, 0.4) is 0 Å². The van der Waals surface area contributed by atoms with Gasteiger partial charge in [0.1, 0.15) is 0 Å². The summed E-state index contributed by atoms with van der Waals surface area (Å²) in [7, 11) is 0. The molecule has 0 fully saturated rings. The molecule has 4 heteroatoms. The van der Waals surface area contributed by atoms with Gasteiger partial charge in [-0.25, -0.2) is 0 Å². The first-order valence-corrected chi connectivity index (χ1v) is 3.34. The van der Waals surface area contributed by atoms with E-state index in [-0.39, 0.29) is 12.8 Å². The van der Waals surface area contributed by atoms with Crippen LogP contribution in [0.15, 0.2) is 25.0 Å². The number of rotatable bonds is 5. The normalized spacial score (nSPS) is 9.67. The standard InChI is InChI=1S/C8H10O4/c1-2-12-8(11)6-4-3-5-7(9)10/h2-4H,1,5-6H2,(H,9,10). The predicted octanol–water partition coefficient (Wildman–Crippen LogP) is 1.09. The van der Waals surface area contributed by atoms with Crippen LogP contribution in [0.4, 0.5) is 0 Å². The van der Waals surface area contributed by atoms with Crippen molar-refractivity contribution in [2.45, 2.75) is 12.8 Å². The van der Waals surface area contributed by atoms with E-state index in [1.54, 1.807) is 0 Å². The maximum Gasteiger partial charge on any atom is 0.314 e. The van der Waals surface area contributed by atoms with Crippen molar-refractivity contribution in [2.75, 3.05) is 0 Å². The van der Waals surface area contributed by atoms with Crippen molar-refractivity contribution in [3.8, 4) is 0 Å². The topological polar surface area (TPSA) is 63.6 Å². The lowest BCUT2D eigenvalue weighted by atomic mass is 10.3. The highest BCUT2D eigenvalue weighted by Crippen LogP contribution is 1.90. The lowest BCUT2D eigenvalue weighted by molar-refractivity contribution is -0.137. The Labute approximate surface area is 70.1 Å². The number of hydrogen-bond donors (Lipinski definition) is 1. The number of carboxylic acids is 1. The van der Waals surface area contributed by atoms with E-state index in [2.05, 4.69) is 11.3 Å². The summed E-state index contributed by atoms with van der Waals surface area (Å²) in [5, 5.41) is 8.20. The molecule has 66 valence electrons. The number of carbonyl (C=O) groups is 2. The number of hydrogen-bond acceptors (Lipinski definition) is 3. The maximum atomic E-state index is 10.6. The fourth-order valence-electron chi connectivity index (χ4n) is 0.505. The van der Waals surface area contributed by atoms with Gasteiger partial charge in [-0.3, -0.25) is 9.59 Å². The van der Waals surface area contributed by atoms with Gasteiger partial charge in [-0.2, -0.15) is 0 Å². The van der Waals surface area contributed by atoms with Gasteiger partial charge in [0.05, 0.1) is 19.1 Å². The molecule has 1 N–H and O–H groups in total. The fourth-order valence-corrected chi connectivity index (χ4v) is 0.505. The molecule has 0 rings (SSSR count). The highest BCUT2D eigenvalue weighted by atomic mass is 16.5. The summed E-state index contributed by atoms with van der Waals surface area (Å²) in [5.74, 6) is -1.38. The van der Waals surface area contributed by atoms with Gasteiger partial charge in [0.15, 0.2) is 0 Å². The molecule has 0 heterocycles. The van der Waals surface area contributed by atoms with Crippen molar-refractivity contribution in [3.05, 3.63) is 25.0 Å². The van der Waals surface area contributed by atoms with Crippen molar-refractivity contribution in [2.24, 2.45) is 0 Å². The molecule has 0 aliphatic rings. The quantitative estimate of drug-likeness (QED) is 0.381. The molecule has 0 atom stereocenters. The van der Waals surface area contributed by atoms with E-state index in [0.717, 1.165) is 6.26 Å². The summed E-state index contributed by atoms with van der Waals surface area (Å²) < 4.78 is 4.38. The first kappa shape index (κ1) is 10.4. The van der Waals surface area contributed by atoms with Crippen LogP contribution in [0.25, 0.3) is 0 Å². The Morgan fingerprint density at radius 3 is 2.42 bits per heavy atom. The number of carbonyl (C=O) groups excluding carboxylic acids is 1. The smallest absolute Gasteiger partial charge is 0.314 e. The van der Waals surface area contributed by atoms with Crippen LogP contribution < -0.4 is 0 Å². The molecule has 4 nitrogen and oxygen atoms in total. The van der Waals surface area contributed by atoms with E-state index >= 15 is 0 Å².